The lowest BCUT2D eigenvalue weighted by molar-refractivity contribution is 0.101. The Kier molecular flexibility index (Phi) is 3.42. The summed E-state index contributed by atoms with van der Waals surface area (Å²) in [5, 5.41) is 16.9. The average Bonchev–Trinajstić information content (AvgIpc) is 3.19. The molecule has 0 radical (unpaired) electrons. The molecule has 1 amide bonds. The number of nitrogens with zero attached hydrogens (tertiary/aromatic N) is 4. The van der Waals surface area contributed by atoms with Crippen molar-refractivity contribution in [1.29, 1.82) is 0 Å². The van der Waals surface area contributed by atoms with Gasteiger partial charge in [-0.2, -0.15) is 5.10 Å². The Morgan fingerprint density at radius 1 is 1.26 bits per heavy atom. The van der Waals surface area contributed by atoms with Gasteiger partial charge in [0, 0.05) is 18.5 Å². The van der Waals surface area contributed by atoms with Crippen molar-refractivity contribution in [3.05, 3.63) is 47.1 Å². The van der Waals surface area contributed by atoms with Crippen LogP contribution in [0.4, 0.5) is 5.13 Å². The first-order valence-corrected chi connectivity index (χ1v) is 8.26. The second-order valence-electron chi connectivity index (χ2n) is 5.58. The molecule has 1 aliphatic carbocycles. The number of anilines is 1. The lowest BCUT2D eigenvalue weighted by atomic mass is 10.1. The zero-order valence-corrected chi connectivity index (χ0v) is 13.4. The van der Waals surface area contributed by atoms with Crippen LogP contribution in [0.25, 0.3) is 11.3 Å². The zero-order valence-electron chi connectivity index (χ0n) is 12.6. The quantitative estimate of drug-likeness (QED) is 0.800. The maximum atomic E-state index is 12.4. The normalized spacial score (nSPS) is 14.0. The van der Waals surface area contributed by atoms with Crippen LogP contribution in [0, 0.1) is 0 Å². The van der Waals surface area contributed by atoms with Crippen LogP contribution in [0.3, 0.4) is 0 Å². The van der Waals surface area contributed by atoms with Crippen molar-refractivity contribution in [3.8, 4) is 11.3 Å². The van der Waals surface area contributed by atoms with Crippen LogP contribution in [0.15, 0.2) is 36.4 Å². The van der Waals surface area contributed by atoms with Crippen molar-refractivity contribution < 1.29 is 4.79 Å². The fourth-order valence-corrected chi connectivity index (χ4v) is 3.28. The van der Waals surface area contributed by atoms with E-state index >= 15 is 0 Å². The summed E-state index contributed by atoms with van der Waals surface area (Å²) in [5.41, 5.74) is 2.25. The molecule has 0 bridgehead atoms. The van der Waals surface area contributed by atoms with Gasteiger partial charge in [0.05, 0.1) is 5.69 Å². The Bertz CT molecular complexity index is 850. The number of benzene rings is 1. The average molecular weight is 325 g/mol. The molecule has 4 rings (SSSR count). The van der Waals surface area contributed by atoms with Gasteiger partial charge >= 0.3 is 0 Å². The lowest BCUT2D eigenvalue weighted by Crippen LogP contribution is -2.15. The predicted molar refractivity (Wildman–Crippen MR) is 88.5 cm³/mol. The Balaban J connectivity index is 1.54. The van der Waals surface area contributed by atoms with Gasteiger partial charge in [-0.15, -0.1) is 10.2 Å². The molecule has 2 aromatic heterocycles. The maximum absolute atomic E-state index is 12.4. The number of carbonyl (C=O) groups is 1. The molecule has 2 heterocycles. The Morgan fingerprint density at radius 2 is 2.04 bits per heavy atom. The maximum Gasteiger partial charge on any atom is 0.275 e. The van der Waals surface area contributed by atoms with Crippen molar-refractivity contribution in [3.63, 3.8) is 0 Å². The van der Waals surface area contributed by atoms with Crippen LogP contribution < -0.4 is 5.32 Å². The summed E-state index contributed by atoms with van der Waals surface area (Å²) >= 11 is 1.45. The van der Waals surface area contributed by atoms with E-state index in [4.69, 9.17) is 0 Å². The topological polar surface area (TPSA) is 72.7 Å². The number of nitrogens with one attached hydrogen (secondary N) is 1. The second kappa shape index (κ2) is 5.58. The van der Waals surface area contributed by atoms with Crippen LogP contribution in [0.2, 0.25) is 0 Å². The molecule has 1 fully saturated rings. The highest BCUT2D eigenvalue weighted by Crippen LogP contribution is 2.42. The minimum atomic E-state index is -0.222. The Hall–Kier alpha value is -2.54. The third-order valence-corrected chi connectivity index (χ3v) is 4.77. The van der Waals surface area contributed by atoms with Crippen molar-refractivity contribution in [2.45, 2.75) is 18.8 Å². The molecular weight excluding hydrogens is 310 g/mol. The summed E-state index contributed by atoms with van der Waals surface area (Å²) in [6, 6.07) is 11.6. The van der Waals surface area contributed by atoms with Gasteiger partial charge in [0.25, 0.3) is 5.91 Å². The van der Waals surface area contributed by atoms with Gasteiger partial charge in [0.1, 0.15) is 10.7 Å². The molecule has 23 heavy (non-hydrogen) atoms. The monoisotopic (exact) mass is 325 g/mol. The lowest BCUT2D eigenvalue weighted by Gasteiger charge is -2.00. The summed E-state index contributed by atoms with van der Waals surface area (Å²) in [4.78, 5) is 12.4. The molecule has 1 aromatic carbocycles. The van der Waals surface area contributed by atoms with E-state index in [-0.39, 0.29) is 5.91 Å². The van der Waals surface area contributed by atoms with Crippen LogP contribution >= 0.6 is 11.3 Å². The molecule has 7 heteroatoms. The zero-order chi connectivity index (χ0) is 15.8. The van der Waals surface area contributed by atoms with E-state index in [9.17, 15) is 4.79 Å². The van der Waals surface area contributed by atoms with Crippen molar-refractivity contribution in [1.82, 2.24) is 20.0 Å². The first-order chi connectivity index (χ1) is 11.2. The minimum absolute atomic E-state index is 0.222. The van der Waals surface area contributed by atoms with Gasteiger partial charge in [-0.05, 0) is 18.9 Å². The van der Waals surface area contributed by atoms with Crippen LogP contribution in [-0.2, 0) is 7.05 Å². The summed E-state index contributed by atoms with van der Waals surface area (Å²) in [5.74, 6) is 0.320. The molecule has 1 saturated carbocycles. The van der Waals surface area contributed by atoms with Crippen molar-refractivity contribution in [2.24, 2.45) is 7.05 Å². The first kappa shape index (κ1) is 14.1. The van der Waals surface area contributed by atoms with Crippen LogP contribution in [0.5, 0.6) is 0 Å². The van der Waals surface area contributed by atoms with Gasteiger partial charge in [0.2, 0.25) is 5.13 Å². The molecule has 0 unspecified atom stereocenters. The Morgan fingerprint density at radius 3 is 2.78 bits per heavy atom. The molecule has 6 nitrogen and oxygen atoms in total. The summed E-state index contributed by atoms with van der Waals surface area (Å²) in [6.07, 6.45) is 2.34. The molecule has 0 aliphatic heterocycles. The van der Waals surface area contributed by atoms with Crippen LogP contribution in [-0.4, -0.2) is 25.9 Å². The number of amides is 1. The largest absolute Gasteiger partial charge is 0.295 e. The fraction of sp³-hybridized carbons (Fsp3) is 0.250. The van der Waals surface area contributed by atoms with E-state index in [1.165, 1.54) is 24.2 Å². The second-order valence-corrected chi connectivity index (χ2v) is 6.59. The molecule has 1 N–H and O–H groups in total. The predicted octanol–water partition coefficient (Wildman–Crippen LogP) is 3.07. The molecule has 0 atom stereocenters. The molecule has 3 aromatic rings. The molecule has 0 spiro atoms. The van der Waals surface area contributed by atoms with E-state index in [0.717, 1.165) is 16.3 Å². The number of aryl methyl sites for hydroxylation is 1. The summed E-state index contributed by atoms with van der Waals surface area (Å²) < 4.78 is 1.58. The van der Waals surface area contributed by atoms with Crippen molar-refractivity contribution in [2.75, 3.05) is 5.32 Å². The minimum Gasteiger partial charge on any atom is -0.295 e. The summed E-state index contributed by atoms with van der Waals surface area (Å²) in [7, 11) is 1.76. The molecule has 0 saturated heterocycles. The highest BCUT2D eigenvalue weighted by molar-refractivity contribution is 7.15. The molecule has 116 valence electrons. The third-order valence-electron chi connectivity index (χ3n) is 3.77. The standard InChI is InChI=1S/C16H15N5OS/c1-21-13(9-12(20-21)10-5-3-2-4-6-10)14(22)17-16-19-18-15(23-16)11-7-8-11/h2-6,9,11H,7-8H2,1H3,(H,17,19,22). The number of rotatable bonds is 4. The van der Waals surface area contributed by atoms with E-state index in [0.29, 0.717) is 16.7 Å². The van der Waals surface area contributed by atoms with E-state index in [2.05, 4.69) is 20.6 Å². The number of aromatic nitrogens is 4. The highest BCUT2D eigenvalue weighted by Gasteiger charge is 2.28. The summed E-state index contributed by atoms with van der Waals surface area (Å²) in [6.45, 7) is 0. The van der Waals surface area contributed by atoms with Gasteiger partial charge in [-0.1, -0.05) is 41.7 Å². The van der Waals surface area contributed by atoms with Gasteiger partial charge in [-0.3, -0.25) is 14.8 Å². The number of hydrogen-bond acceptors (Lipinski definition) is 5. The van der Waals surface area contributed by atoms with Crippen molar-refractivity contribution >= 4 is 22.4 Å². The molecule has 1 aliphatic rings. The van der Waals surface area contributed by atoms with Gasteiger partial charge in [0.15, 0.2) is 0 Å². The SMILES string of the molecule is Cn1nc(-c2ccccc2)cc1C(=O)Nc1nnc(C2CC2)s1. The van der Waals surface area contributed by atoms with Gasteiger partial charge in [-0.25, -0.2) is 0 Å². The van der Waals surface area contributed by atoms with E-state index in [1.54, 1.807) is 17.8 Å². The highest BCUT2D eigenvalue weighted by atomic mass is 32.1. The van der Waals surface area contributed by atoms with Gasteiger partial charge < -0.3 is 0 Å². The van der Waals surface area contributed by atoms with E-state index in [1.807, 2.05) is 30.3 Å². The fourth-order valence-electron chi connectivity index (χ4n) is 2.37. The third kappa shape index (κ3) is 2.87. The van der Waals surface area contributed by atoms with Crippen LogP contribution in [0.1, 0.15) is 34.3 Å². The number of hydrogen-bond donors (Lipinski definition) is 1. The smallest absolute Gasteiger partial charge is 0.275 e. The number of carbonyl (C=O) groups excluding carboxylic acids is 1. The molecular formula is C16H15N5OS. The Labute approximate surface area is 137 Å². The van der Waals surface area contributed by atoms with E-state index < -0.39 is 0 Å². The first-order valence-electron chi connectivity index (χ1n) is 7.45.